The number of nitrogens with zero attached hydrogens (tertiary/aromatic N) is 3. The maximum atomic E-state index is 13.0. The first kappa shape index (κ1) is 17.5. The molecule has 1 aromatic carbocycles. The topological polar surface area (TPSA) is 38.1 Å². The number of thiophene rings is 1. The number of hydrogen-bond acceptors (Lipinski definition) is 4. The van der Waals surface area contributed by atoms with E-state index in [4.69, 9.17) is 11.6 Å². The van der Waals surface area contributed by atoms with Crippen molar-refractivity contribution in [2.45, 2.75) is 6.92 Å². The summed E-state index contributed by atoms with van der Waals surface area (Å²) in [6.45, 7) is 5.49. The number of aromatic nitrogens is 2. The van der Waals surface area contributed by atoms with Crippen LogP contribution in [0.4, 0.5) is 5.69 Å². The molecule has 0 aliphatic heterocycles. The first-order valence-corrected chi connectivity index (χ1v) is 8.93. The zero-order valence-electron chi connectivity index (χ0n) is 14.3. The highest BCUT2D eigenvalue weighted by Gasteiger charge is 2.15. The Morgan fingerprint density at radius 3 is 2.76 bits per heavy atom. The third kappa shape index (κ3) is 3.13. The maximum Gasteiger partial charge on any atom is 0.275 e. The third-order valence-electron chi connectivity index (χ3n) is 3.87. The first-order valence-electron chi connectivity index (χ1n) is 7.73. The lowest BCUT2D eigenvalue weighted by molar-refractivity contribution is 0.998. The summed E-state index contributed by atoms with van der Waals surface area (Å²) in [5.41, 5.74) is 2.41. The molecule has 0 amide bonds. The molecule has 6 heteroatoms. The van der Waals surface area contributed by atoms with E-state index in [2.05, 4.69) is 11.6 Å². The molecule has 4 nitrogen and oxygen atoms in total. The van der Waals surface area contributed by atoms with Crippen molar-refractivity contribution in [3.63, 3.8) is 0 Å². The maximum absolute atomic E-state index is 13.0. The van der Waals surface area contributed by atoms with E-state index in [0.29, 0.717) is 15.4 Å². The minimum atomic E-state index is -0.0890. The molecule has 2 aromatic heterocycles. The summed E-state index contributed by atoms with van der Waals surface area (Å²) in [6.07, 6.45) is 6.81. The minimum Gasteiger partial charge on any atom is -0.377 e. The molecule has 0 fully saturated rings. The van der Waals surface area contributed by atoms with Crippen LogP contribution in [-0.2, 0) is 0 Å². The van der Waals surface area contributed by atoms with Crippen LogP contribution in [-0.4, -0.2) is 23.6 Å². The second kappa shape index (κ2) is 6.86. The second-order valence-electron chi connectivity index (χ2n) is 5.74. The van der Waals surface area contributed by atoms with Gasteiger partial charge in [-0.1, -0.05) is 30.3 Å². The molecule has 128 valence electrons. The number of anilines is 1. The molecule has 3 rings (SSSR count). The first-order chi connectivity index (χ1) is 11.9. The predicted octanol–water partition coefficient (Wildman–Crippen LogP) is 4.85. The van der Waals surface area contributed by atoms with Crippen LogP contribution in [0.1, 0.15) is 6.92 Å². The van der Waals surface area contributed by atoms with E-state index in [1.807, 2.05) is 50.2 Å². The van der Waals surface area contributed by atoms with Crippen LogP contribution in [0, 0.1) is 0 Å². The number of rotatable bonds is 4. The molecular formula is C19H18ClN3OS. The Balaban J connectivity index is 2.29. The van der Waals surface area contributed by atoms with Crippen LogP contribution in [0.15, 0.2) is 59.2 Å². The van der Waals surface area contributed by atoms with E-state index in [-0.39, 0.29) is 5.56 Å². The lowest BCUT2D eigenvalue weighted by Gasteiger charge is -2.13. The van der Waals surface area contributed by atoms with E-state index < -0.39 is 0 Å². The fourth-order valence-corrected chi connectivity index (χ4v) is 3.88. The Morgan fingerprint density at radius 2 is 2.12 bits per heavy atom. The largest absolute Gasteiger partial charge is 0.377 e. The van der Waals surface area contributed by atoms with Crippen molar-refractivity contribution in [3.05, 3.63) is 64.7 Å². The van der Waals surface area contributed by atoms with Gasteiger partial charge in [0.15, 0.2) is 0 Å². The molecule has 0 saturated carbocycles. The number of halogens is 1. The van der Waals surface area contributed by atoms with Crippen LogP contribution in [0.2, 0.25) is 0 Å². The number of benzene rings is 1. The fourth-order valence-electron chi connectivity index (χ4n) is 2.71. The Hall–Kier alpha value is -2.37. The molecule has 0 atom stereocenters. The SMILES string of the molecule is C=C(Cl)/C=C\C(=C/C)n1cnc2c(sc3cccc(N(C)C)c32)c1=O. The summed E-state index contributed by atoms with van der Waals surface area (Å²) in [4.78, 5) is 19.6. The monoisotopic (exact) mass is 371 g/mol. The normalized spacial score (nSPS) is 12.4. The molecule has 0 bridgehead atoms. The van der Waals surface area contributed by atoms with Gasteiger partial charge in [0.25, 0.3) is 5.56 Å². The van der Waals surface area contributed by atoms with Gasteiger partial charge in [-0.25, -0.2) is 4.98 Å². The standard InChI is InChI=1S/C19H18ClN3OS/c1-5-13(10-9-12(2)20)23-11-21-17-16-14(22(3)4)7-6-8-15(16)25-18(17)19(23)24/h5-11H,2H2,1,3-4H3/b10-9-,13-5+. The highest BCUT2D eigenvalue weighted by molar-refractivity contribution is 7.25. The summed E-state index contributed by atoms with van der Waals surface area (Å²) in [6, 6.07) is 6.05. The van der Waals surface area contributed by atoms with E-state index >= 15 is 0 Å². The number of fused-ring (bicyclic) bond motifs is 3. The van der Waals surface area contributed by atoms with Crippen LogP contribution in [0.25, 0.3) is 26.0 Å². The van der Waals surface area contributed by atoms with Crippen molar-refractivity contribution >= 4 is 54.6 Å². The molecule has 0 saturated heterocycles. The van der Waals surface area contributed by atoms with E-state index in [1.165, 1.54) is 15.9 Å². The van der Waals surface area contributed by atoms with Crippen molar-refractivity contribution in [2.75, 3.05) is 19.0 Å². The summed E-state index contributed by atoms with van der Waals surface area (Å²) in [7, 11) is 3.97. The number of hydrogen-bond donors (Lipinski definition) is 0. The molecule has 0 N–H and O–H groups in total. The van der Waals surface area contributed by atoms with Crippen LogP contribution < -0.4 is 10.5 Å². The molecule has 2 heterocycles. The Morgan fingerprint density at radius 1 is 1.36 bits per heavy atom. The smallest absolute Gasteiger partial charge is 0.275 e. The molecule has 0 aliphatic rings. The van der Waals surface area contributed by atoms with Gasteiger partial charge in [0.05, 0.1) is 5.52 Å². The summed E-state index contributed by atoms with van der Waals surface area (Å²) in [5, 5.41) is 1.42. The number of allylic oxidation sites excluding steroid dienone is 5. The predicted molar refractivity (Wildman–Crippen MR) is 110 cm³/mol. The van der Waals surface area contributed by atoms with Crippen molar-refractivity contribution < 1.29 is 0 Å². The van der Waals surface area contributed by atoms with Gasteiger partial charge >= 0.3 is 0 Å². The quantitative estimate of drug-likeness (QED) is 0.615. The molecule has 0 spiro atoms. The minimum absolute atomic E-state index is 0.0890. The Bertz CT molecular complexity index is 1090. The summed E-state index contributed by atoms with van der Waals surface area (Å²) < 4.78 is 3.23. The third-order valence-corrected chi connectivity index (χ3v) is 5.13. The fraction of sp³-hybridized carbons (Fsp3) is 0.158. The van der Waals surface area contributed by atoms with Crippen molar-refractivity contribution in [1.29, 1.82) is 0 Å². The van der Waals surface area contributed by atoms with Gasteiger partial charge < -0.3 is 4.90 Å². The zero-order chi connectivity index (χ0) is 18.1. The summed E-state index contributed by atoms with van der Waals surface area (Å²) in [5.74, 6) is 0. The Kier molecular flexibility index (Phi) is 4.79. The average molecular weight is 372 g/mol. The van der Waals surface area contributed by atoms with Gasteiger partial charge in [-0.3, -0.25) is 9.36 Å². The van der Waals surface area contributed by atoms with Gasteiger partial charge in [-0.05, 0) is 31.2 Å². The van der Waals surface area contributed by atoms with E-state index in [1.54, 1.807) is 18.5 Å². The van der Waals surface area contributed by atoms with Gasteiger partial charge in [0.2, 0.25) is 0 Å². The van der Waals surface area contributed by atoms with E-state index in [0.717, 1.165) is 21.3 Å². The lowest BCUT2D eigenvalue weighted by atomic mass is 10.2. The van der Waals surface area contributed by atoms with Gasteiger partial charge in [0, 0.05) is 40.6 Å². The molecule has 0 unspecified atom stereocenters. The molecule has 3 aromatic rings. The zero-order valence-corrected chi connectivity index (χ0v) is 15.9. The molecule has 25 heavy (non-hydrogen) atoms. The van der Waals surface area contributed by atoms with Crippen LogP contribution >= 0.6 is 22.9 Å². The summed E-state index contributed by atoms with van der Waals surface area (Å²) >= 11 is 7.26. The highest BCUT2D eigenvalue weighted by Crippen LogP contribution is 2.36. The highest BCUT2D eigenvalue weighted by atomic mass is 35.5. The van der Waals surface area contributed by atoms with Crippen LogP contribution in [0.3, 0.4) is 0 Å². The van der Waals surface area contributed by atoms with Gasteiger partial charge in [-0.2, -0.15) is 0 Å². The average Bonchev–Trinajstić information content (AvgIpc) is 2.96. The lowest BCUT2D eigenvalue weighted by Crippen LogP contribution is -2.18. The van der Waals surface area contributed by atoms with Crippen molar-refractivity contribution in [3.8, 4) is 0 Å². The van der Waals surface area contributed by atoms with Crippen molar-refractivity contribution in [2.24, 2.45) is 0 Å². The van der Waals surface area contributed by atoms with Gasteiger partial charge in [-0.15, -0.1) is 11.3 Å². The van der Waals surface area contributed by atoms with Gasteiger partial charge in [0.1, 0.15) is 11.0 Å². The molecular weight excluding hydrogens is 354 g/mol. The second-order valence-corrected chi connectivity index (χ2v) is 7.28. The Labute approximate surface area is 155 Å². The van der Waals surface area contributed by atoms with Crippen LogP contribution in [0.5, 0.6) is 0 Å². The molecule has 0 aliphatic carbocycles. The molecule has 0 radical (unpaired) electrons. The van der Waals surface area contributed by atoms with Crippen molar-refractivity contribution in [1.82, 2.24) is 9.55 Å². The van der Waals surface area contributed by atoms with E-state index in [9.17, 15) is 4.79 Å².